The number of nitrogens with two attached hydrogens (primary N) is 1. The van der Waals surface area contributed by atoms with E-state index >= 15 is 0 Å². The van der Waals surface area contributed by atoms with Crippen molar-refractivity contribution in [1.82, 2.24) is 9.97 Å². The van der Waals surface area contributed by atoms with Gasteiger partial charge < -0.3 is 16.0 Å². The number of hydrogen-bond donors (Lipinski definition) is 3. The van der Waals surface area contributed by atoms with Crippen LogP contribution in [0.2, 0.25) is 0 Å². The molecule has 2 aromatic rings. The van der Waals surface area contributed by atoms with Crippen molar-refractivity contribution in [3.8, 4) is 11.3 Å². The van der Waals surface area contributed by atoms with Gasteiger partial charge >= 0.3 is 0 Å². The maximum Gasteiger partial charge on any atom is 0.229 e. The molecular formula is C15H18N4O. The predicted molar refractivity (Wildman–Crippen MR) is 78.0 cm³/mol. The highest BCUT2D eigenvalue weighted by Crippen LogP contribution is 2.26. The minimum atomic E-state index is -0.0534. The molecular weight excluding hydrogens is 252 g/mol. The Morgan fingerprint density at radius 3 is 2.70 bits per heavy atom. The summed E-state index contributed by atoms with van der Waals surface area (Å²) in [5.74, 6) is -0.0217. The van der Waals surface area contributed by atoms with Crippen molar-refractivity contribution in [3.05, 3.63) is 36.8 Å². The molecule has 1 aliphatic carbocycles. The summed E-state index contributed by atoms with van der Waals surface area (Å²) < 4.78 is 0. The lowest BCUT2D eigenvalue weighted by Crippen LogP contribution is -2.34. The number of benzene rings is 1. The van der Waals surface area contributed by atoms with E-state index in [2.05, 4.69) is 15.3 Å². The zero-order valence-corrected chi connectivity index (χ0v) is 11.2. The Morgan fingerprint density at radius 1 is 1.30 bits per heavy atom. The number of nitrogens with zero attached hydrogens (tertiary/aromatic N) is 1. The Balaban J connectivity index is 1.68. The molecule has 104 valence electrons. The summed E-state index contributed by atoms with van der Waals surface area (Å²) in [5, 5.41) is 2.94. The normalized spacial score (nSPS) is 21.9. The van der Waals surface area contributed by atoms with Crippen molar-refractivity contribution in [1.29, 1.82) is 0 Å². The second-order valence-electron chi connectivity index (χ2n) is 5.23. The van der Waals surface area contributed by atoms with Crippen molar-refractivity contribution in [2.75, 3.05) is 5.32 Å². The van der Waals surface area contributed by atoms with Crippen LogP contribution in [0.5, 0.6) is 0 Å². The molecule has 1 saturated carbocycles. The second kappa shape index (κ2) is 5.46. The van der Waals surface area contributed by atoms with E-state index in [-0.39, 0.29) is 17.9 Å². The van der Waals surface area contributed by atoms with Gasteiger partial charge in [-0.25, -0.2) is 4.98 Å². The minimum Gasteiger partial charge on any atom is -0.345 e. The average molecular weight is 270 g/mol. The van der Waals surface area contributed by atoms with Crippen LogP contribution < -0.4 is 11.1 Å². The largest absolute Gasteiger partial charge is 0.345 e. The monoisotopic (exact) mass is 270 g/mol. The van der Waals surface area contributed by atoms with Crippen LogP contribution in [0.15, 0.2) is 36.8 Å². The zero-order chi connectivity index (χ0) is 13.9. The topological polar surface area (TPSA) is 83.8 Å². The lowest BCUT2D eigenvalue weighted by molar-refractivity contribution is -0.120. The highest BCUT2D eigenvalue weighted by atomic mass is 16.1. The molecule has 0 spiro atoms. The van der Waals surface area contributed by atoms with Gasteiger partial charge in [0.1, 0.15) is 0 Å². The maximum absolute atomic E-state index is 12.1. The summed E-state index contributed by atoms with van der Waals surface area (Å²) in [6, 6.07) is 7.71. The van der Waals surface area contributed by atoms with Crippen LogP contribution in [-0.2, 0) is 4.79 Å². The van der Waals surface area contributed by atoms with Crippen LogP contribution in [-0.4, -0.2) is 21.9 Å². The Hall–Kier alpha value is -2.14. The first-order valence-corrected chi connectivity index (χ1v) is 6.89. The van der Waals surface area contributed by atoms with Crippen molar-refractivity contribution in [2.45, 2.75) is 25.3 Å². The highest BCUT2D eigenvalue weighted by molar-refractivity contribution is 5.93. The Bertz CT molecular complexity index is 576. The molecule has 0 saturated heterocycles. The molecule has 2 unspecified atom stereocenters. The molecule has 0 radical (unpaired) electrons. The van der Waals surface area contributed by atoms with E-state index in [0.717, 1.165) is 36.2 Å². The first-order valence-electron chi connectivity index (χ1n) is 6.89. The van der Waals surface area contributed by atoms with Gasteiger partial charge in [0.2, 0.25) is 5.91 Å². The number of anilines is 1. The van der Waals surface area contributed by atoms with Gasteiger partial charge in [-0.05, 0) is 30.5 Å². The molecule has 1 fully saturated rings. The molecule has 20 heavy (non-hydrogen) atoms. The first kappa shape index (κ1) is 12.9. The lowest BCUT2D eigenvalue weighted by Gasteiger charge is -2.15. The van der Waals surface area contributed by atoms with Gasteiger partial charge in [-0.1, -0.05) is 18.6 Å². The number of H-pyrrole nitrogens is 1. The standard InChI is InChI=1S/C15H18N4O/c16-13-3-1-2-12(13)15(20)19-11-6-4-10(5-7-11)14-8-17-9-18-14/h4-9,12-13H,1-3,16H2,(H,17,18)(H,19,20). The number of aromatic amines is 1. The molecule has 3 rings (SSSR count). The smallest absolute Gasteiger partial charge is 0.229 e. The molecule has 5 heteroatoms. The van der Waals surface area contributed by atoms with Crippen LogP contribution in [0, 0.1) is 5.92 Å². The minimum absolute atomic E-state index is 0.000679. The van der Waals surface area contributed by atoms with Crippen molar-refractivity contribution >= 4 is 11.6 Å². The van der Waals surface area contributed by atoms with Crippen LogP contribution in [0.1, 0.15) is 19.3 Å². The van der Waals surface area contributed by atoms with Crippen molar-refractivity contribution < 1.29 is 4.79 Å². The molecule has 1 aromatic carbocycles. The highest BCUT2D eigenvalue weighted by Gasteiger charge is 2.30. The van der Waals surface area contributed by atoms with Crippen LogP contribution >= 0.6 is 0 Å². The number of nitrogens with one attached hydrogen (secondary N) is 2. The molecule has 0 aliphatic heterocycles. The quantitative estimate of drug-likeness (QED) is 0.799. The maximum atomic E-state index is 12.1. The number of carbonyl (C=O) groups excluding carboxylic acids is 1. The van der Waals surface area contributed by atoms with Crippen LogP contribution in [0.4, 0.5) is 5.69 Å². The molecule has 1 aromatic heterocycles. The van der Waals surface area contributed by atoms with Gasteiger partial charge in [0, 0.05) is 11.7 Å². The third kappa shape index (κ3) is 2.58. The molecule has 5 nitrogen and oxygen atoms in total. The third-order valence-electron chi connectivity index (χ3n) is 3.87. The zero-order valence-electron chi connectivity index (χ0n) is 11.2. The fourth-order valence-corrected chi connectivity index (χ4v) is 2.70. The van der Waals surface area contributed by atoms with E-state index in [4.69, 9.17) is 5.73 Å². The van der Waals surface area contributed by atoms with E-state index in [1.807, 2.05) is 24.3 Å². The van der Waals surface area contributed by atoms with Gasteiger partial charge in [0.25, 0.3) is 0 Å². The van der Waals surface area contributed by atoms with E-state index in [1.54, 1.807) is 12.5 Å². The van der Waals surface area contributed by atoms with Gasteiger partial charge in [-0.3, -0.25) is 4.79 Å². The second-order valence-corrected chi connectivity index (χ2v) is 5.23. The molecule has 1 heterocycles. The first-order chi connectivity index (χ1) is 9.74. The fourth-order valence-electron chi connectivity index (χ4n) is 2.70. The Morgan fingerprint density at radius 2 is 2.10 bits per heavy atom. The predicted octanol–water partition coefficient (Wildman–Crippen LogP) is 2.14. The summed E-state index contributed by atoms with van der Waals surface area (Å²) in [6.07, 6.45) is 6.28. The fraction of sp³-hybridized carbons (Fsp3) is 0.333. The van der Waals surface area contributed by atoms with Gasteiger partial charge in [-0.15, -0.1) is 0 Å². The molecule has 0 bridgehead atoms. The van der Waals surface area contributed by atoms with Crippen LogP contribution in [0.3, 0.4) is 0 Å². The van der Waals surface area contributed by atoms with Gasteiger partial charge in [0.15, 0.2) is 0 Å². The van der Waals surface area contributed by atoms with Crippen molar-refractivity contribution in [3.63, 3.8) is 0 Å². The molecule has 1 amide bonds. The molecule has 4 N–H and O–H groups in total. The lowest BCUT2D eigenvalue weighted by atomic mass is 10.0. The number of aromatic nitrogens is 2. The summed E-state index contributed by atoms with van der Waals surface area (Å²) in [5.41, 5.74) is 8.75. The average Bonchev–Trinajstić information content (AvgIpc) is 3.10. The van der Waals surface area contributed by atoms with E-state index in [0.29, 0.717) is 0 Å². The SMILES string of the molecule is NC1CCCC1C(=O)Nc1ccc(-c2cnc[nH]2)cc1. The van der Waals surface area contributed by atoms with E-state index < -0.39 is 0 Å². The summed E-state index contributed by atoms with van der Waals surface area (Å²) in [6.45, 7) is 0. The number of rotatable bonds is 3. The Kier molecular flexibility index (Phi) is 3.52. The number of carbonyl (C=O) groups is 1. The molecule has 2 atom stereocenters. The number of imidazole rings is 1. The summed E-state index contributed by atoms with van der Waals surface area (Å²) in [7, 11) is 0. The summed E-state index contributed by atoms with van der Waals surface area (Å²) in [4.78, 5) is 19.2. The van der Waals surface area contributed by atoms with Crippen LogP contribution in [0.25, 0.3) is 11.3 Å². The van der Waals surface area contributed by atoms with Gasteiger partial charge in [0.05, 0.1) is 24.1 Å². The number of amides is 1. The molecule has 1 aliphatic rings. The third-order valence-corrected chi connectivity index (χ3v) is 3.87. The van der Waals surface area contributed by atoms with E-state index in [1.165, 1.54) is 0 Å². The Labute approximate surface area is 117 Å². The van der Waals surface area contributed by atoms with Gasteiger partial charge in [-0.2, -0.15) is 0 Å². The summed E-state index contributed by atoms with van der Waals surface area (Å²) >= 11 is 0. The number of hydrogen-bond acceptors (Lipinski definition) is 3. The van der Waals surface area contributed by atoms with E-state index in [9.17, 15) is 4.79 Å². The van der Waals surface area contributed by atoms with Crippen molar-refractivity contribution in [2.24, 2.45) is 11.7 Å².